The van der Waals surface area contributed by atoms with Crippen LogP contribution in [-0.4, -0.2) is 23.9 Å². The predicted octanol–water partition coefficient (Wildman–Crippen LogP) is 4.33. The van der Waals surface area contributed by atoms with Crippen LogP contribution >= 0.6 is 0 Å². The Morgan fingerprint density at radius 2 is 1.61 bits per heavy atom. The second-order valence-electron chi connectivity index (χ2n) is 6.48. The summed E-state index contributed by atoms with van der Waals surface area (Å²) in [4.78, 5) is 15.2. The molecule has 1 aliphatic heterocycles. The third-order valence-electron chi connectivity index (χ3n) is 4.85. The van der Waals surface area contributed by atoms with Crippen LogP contribution in [-0.2, 0) is 11.2 Å². The number of aryl methyl sites for hydroxylation is 1. The van der Waals surface area contributed by atoms with Gasteiger partial charge in [0.1, 0.15) is 0 Å². The smallest absolute Gasteiger partial charge is 0.230 e. The lowest BCUT2D eigenvalue weighted by molar-refractivity contribution is -0.133. The number of carbonyl (C=O) groups excluding carboxylic acids is 1. The number of nitrogens with zero attached hydrogens (tertiary/aromatic N) is 1. The van der Waals surface area contributed by atoms with Gasteiger partial charge in [-0.25, -0.2) is 0 Å². The Morgan fingerprint density at radius 3 is 2.30 bits per heavy atom. The first-order chi connectivity index (χ1) is 11.3. The van der Waals surface area contributed by atoms with Gasteiger partial charge in [0, 0.05) is 13.1 Å². The van der Waals surface area contributed by atoms with E-state index in [4.69, 9.17) is 0 Å². The Labute approximate surface area is 139 Å². The van der Waals surface area contributed by atoms with Crippen molar-refractivity contribution >= 4 is 5.91 Å². The average Bonchev–Trinajstić information content (AvgIpc) is 2.62. The van der Waals surface area contributed by atoms with Crippen LogP contribution in [0.3, 0.4) is 0 Å². The number of benzene rings is 2. The molecule has 1 heterocycles. The van der Waals surface area contributed by atoms with Crippen molar-refractivity contribution in [3.63, 3.8) is 0 Å². The van der Waals surface area contributed by atoms with Crippen molar-refractivity contribution in [1.29, 1.82) is 0 Å². The van der Waals surface area contributed by atoms with Gasteiger partial charge >= 0.3 is 0 Å². The Bertz CT molecular complexity index is 644. The standard InChI is InChI=1S/C21H25NO/c1-17-10-6-7-13-19(17)16-20(18-11-4-2-5-12-18)21(23)22-14-8-3-9-15-22/h2,4-7,10-13,20H,3,8-9,14-16H2,1H3. The van der Waals surface area contributed by atoms with Crippen LogP contribution in [0.25, 0.3) is 0 Å². The quantitative estimate of drug-likeness (QED) is 0.823. The molecule has 2 nitrogen and oxygen atoms in total. The Balaban J connectivity index is 1.87. The molecule has 2 heteroatoms. The number of piperidine rings is 1. The molecule has 0 spiro atoms. The molecular formula is C21H25NO. The third kappa shape index (κ3) is 3.82. The zero-order valence-corrected chi connectivity index (χ0v) is 13.9. The zero-order chi connectivity index (χ0) is 16.1. The largest absolute Gasteiger partial charge is 0.342 e. The lowest BCUT2D eigenvalue weighted by Crippen LogP contribution is -2.39. The van der Waals surface area contributed by atoms with Gasteiger partial charge in [-0.1, -0.05) is 54.6 Å². The lowest BCUT2D eigenvalue weighted by Gasteiger charge is -2.31. The number of likely N-dealkylation sites (tertiary alicyclic amines) is 1. The predicted molar refractivity (Wildman–Crippen MR) is 94.5 cm³/mol. The maximum atomic E-state index is 13.1. The van der Waals surface area contributed by atoms with Crippen LogP contribution in [0.5, 0.6) is 0 Å². The van der Waals surface area contributed by atoms with Gasteiger partial charge < -0.3 is 4.90 Å². The molecule has 3 rings (SSSR count). The minimum Gasteiger partial charge on any atom is -0.342 e. The zero-order valence-electron chi connectivity index (χ0n) is 13.9. The molecule has 1 atom stereocenters. The second kappa shape index (κ2) is 7.45. The molecule has 1 unspecified atom stereocenters. The van der Waals surface area contributed by atoms with E-state index in [1.807, 2.05) is 18.2 Å². The highest BCUT2D eigenvalue weighted by atomic mass is 16.2. The van der Waals surface area contributed by atoms with E-state index in [9.17, 15) is 4.79 Å². The topological polar surface area (TPSA) is 20.3 Å². The summed E-state index contributed by atoms with van der Waals surface area (Å²) >= 11 is 0. The monoisotopic (exact) mass is 307 g/mol. The molecule has 1 saturated heterocycles. The fourth-order valence-electron chi connectivity index (χ4n) is 3.43. The maximum absolute atomic E-state index is 13.1. The second-order valence-corrected chi connectivity index (χ2v) is 6.48. The molecule has 0 aliphatic carbocycles. The molecule has 2 aromatic rings. The van der Waals surface area contributed by atoms with E-state index in [2.05, 4.69) is 48.2 Å². The van der Waals surface area contributed by atoms with Crippen molar-refractivity contribution in [2.45, 2.75) is 38.5 Å². The summed E-state index contributed by atoms with van der Waals surface area (Å²) in [5, 5.41) is 0. The fraction of sp³-hybridized carbons (Fsp3) is 0.381. The van der Waals surface area contributed by atoms with Crippen molar-refractivity contribution in [1.82, 2.24) is 4.90 Å². The van der Waals surface area contributed by atoms with E-state index >= 15 is 0 Å². The van der Waals surface area contributed by atoms with E-state index in [0.717, 1.165) is 37.9 Å². The van der Waals surface area contributed by atoms with Gasteiger partial charge in [0.25, 0.3) is 0 Å². The molecule has 0 bridgehead atoms. The molecule has 1 aliphatic rings. The number of carbonyl (C=O) groups is 1. The normalized spacial score (nSPS) is 16.1. The van der Waals surface area contributed by atoms with Crippen molar-refractivity contribution in [2.75, 3.05) is 13.1 Å². The number of rotatable bonds is 4. The summed E-state index contributed by atoms with van der Waals surface area (Å²) in [6, 6.07) is 18.7. The Morgan fingerprint density at radius 1 is 0.957 bits per heavy atom. The first-order valence-corrected chi connectivity index (χ1v) is 8.64. The van der Waals surface area contributed by atoms with Gasteiger partial charge in [0.05, 0.1) is 5.92 Å². The van der Waals surface area contributed by atoms with Crippen LogP contribution in [0.2, 0.25) is 0 Å². The summed E-state index contributed by atoms with van der Waals surface area (Å²) in [5.41, 5.74) is 3.66. The molecule has 1 fully saturated rings. The Kier molecular flexibility index (Phi) is 5.12. The molecule has 0 aromatic heterocycles. The molecule has 0 saturated carbocycles. The average molecular weight is 307 g/mol. The summed E-state index contributed by atoms with van der Waals surface area (Å²) in [6.07, 6.45) is 4.30. The van der Waals surface area contributed by atoms with Gasteiger partial charge in [-0.2, -0.15) is 0 Å². The first kappa shape index (κ1) is 15.8. The number of hydrogen-bond donors (Lipinski definition) is 0. The van der Waals surface area contributed by atoms with Crippen molar-refractivity contribution in [3.05, 3.63) is 71.3 Å². The van der Waals surface area contributed by atoms with E-state index in [1.165, 1.54) is 17.5 Å². The third-order valence-corrected chi connectivity index (χ3v) is 4.85. The summed E-state index contributed by atoms with van der Waals surface area (Å²) < 4.78 is 0. The van der Waals surface area contributed by atoms with Crippen molar-refractivity contribution in [2.24, 2.45) is 0 Å². The highest BCUT2D eigenvalue weighted by molar-refractivity contribution is 5.84. The number of hydrogen-bond acceptors (Lipinski definition) is 1. The molecule has 23 heavy (non-hydrogen) atoms. The Hall–Kier alpha value is -2.09. The van der Waals surface area contributed by atoms with E-state index in [0.29, 0.717) is 5.91 Å². The summed E-state index contributed by atoms with van der Waals surface area (Å²) in [6.45, 7) is 3.95. The van der Waals surface area contributed by atoms with Crippen LogP contribution in [0.4, 0.5) is 0 Å². The SMILES string of the molecule is Cc1ccccc1CC(C(=O)N1CCCCC1)c1ccccc1. The maximum Gasteiger partial charge on any atom is 0.230 e. The van der Waals surface area contributed by atoms with Gasteiger partial charge in [-0.05, 0) is 49.3 Å². The van der Waals surface area contributed by atoms with Crippen molar-refractivity contribution in [3.8, 4) is 0 Å². The first-order valence-electron chi connectivity index (χ1n) is 8.64. The lowest BCUT2D eigenvalue weighted by atomic mass is 9.88. The minimum absolute atomic E-state index is 0.0737. The molecular weight excluding hydrogens is 282 g/mol. The molecule has 2 aromatic carbocycles. The van der Waals surface area contributed by atoms with Gasteiger partial charge in [0.15, 0.2) is 0 Å². The molecule has 1 amide bonds. The van der Waals surface area contributed by atoms with Gasteiger partial charge in [-0.3, -0.25) is 4.79 Å². The van der Waals surface area contributed by atoms with Crippen molar-refractivity contribution < 1.29 is 4.79 Å². The van der Waals surface area contributed by atoms with Crippen LogP contribution in [0, 0.1) is 6.92 Å². The molecule has 0 N–H and O–H groups in total. The van der Waals surface area contributed by atoms with E-state index in [1.54, 1.807) is 0 Å². The summed E-state index contributed by atoms with van der Waals surface area (Å²) in [7, 11) is 0. The van der Waals surface area contributed by atoms with E-state index < -0.39 is 0 Å². The van der Waals surface area contributed by atoms with Gasteiger partial charge in [0.2, 0.25) is 5.91 Å². The van der Waals surface area contributed by atoms with E-state index in [-0.39, 0.29) is 5.92 Å². The highest BCUT2D eigenvalue weighted by Crippen LogP contribution is 2.26. The van der Waals surface area contributed by atoms with Crippen LogP contribution in [0.15, 0.2) is 54.6 Å². The van der Waals surface area contributed by atoms with Gasteiger partial charge in [-0.15, -0.1) is 0 Å². The fourth-order valence-corrected chi connectivity index (χ4v) is 3.43. The molecule has 0 radical (unpaired) electrons. The van der Waals surface area contributed by atoms with Crippen LogP contribution in [0.1, 0.15) is 41.9 Å². The summed E-state index contributed by atoms with van der Waals surface area (Å²) in [5.74, 6) is 0.217. The minimum atomic E-state index is -0.0737. The molecule has 120 valence electrons. The number of amides is 1. The van der Waals surface area contributed by atoms with Crippen LogP contribution < -0.4 is 0 Å². The highest BCUT2D eigenvalue weighted by Gasteiger charge is 2.27.